The first kappa shape index (κ1) is 4.87. The molecule has 4 radical (unpaired) electrons. The first-order chi connectivity index (χ1) is 2.41. The molecule has 0 aromatic carbocycles. The molecule has 0 spiro atoms. The van der Waals surface area contributed by atoms with Crippen LogP contribution in [0.1, 0.15) is 0 Å². The van der Waals surface area contributed by atoms with Gasteiger partial charge >= 0.3 is 0 Å². The lowest BCUT2D eigenvalue weighted by Gasteiger charge is -1.65. The van der Waals surface area contributed by atoms with Crippen LogP contribution in [0, 0.1) is 0 Å². The van der Waals surface area contributed by atoms with Gasteiger partial charge in [-0.05, 0) is 0 Å². The Bertz CT molecular complexity index is 31.9. The largest absolute Gasteiger partial charge is 0.136 e. The van der Waals surface area contributed by atoms with Crippen molar-refractivity contribution in [3.63, 3.8) is 0 Å². The molecule has 0 unspecified atom stereocenters. The highest BCUT2D eigenvalue weighted by Gasteiger charge is 1.52. The maximum Gasteiger partial charge on any atom is 0.102 e. The van der Waals surface area contributed by atoms with Gasteiger partial charge in [-0.25, -0.2) is 0 Å². The zero-order valence-electron chi connectivity index (χ0n) is 3.02. The minimum atomic E-state index is 0.538. The molecule has 0 N–H and O–H groups in total. The molecule has 0 nitrogen and oxygen atoms in total. The molecule has 0 aliphatic rings. The van der Waals surface area contributed by atoms with Crippen molar-refractivity contribution in [1.29, 1.82) is 0 Å². The van der Waals surface area contributed by atoms with Crippen LogP contribution in [-0.2, 0) is 0 Å². The van der Waals surface area contributed by atoms with Crippen LogP contribution in [0.3, 0.4) is 0 Å². The Kier molecular flexibility index (Phi) is 3.77. The van der Waals surface area contributed by atoms with Crippen molar-refractivity contribution in [3.8, 4) is 0 Å². The Morgan fingerprint density at radius 3 is 2.20 bits per heavy atom. The van der Waals surface area contributed by atoms with Gasteiger partial charge in [-0.15, -0.1) is 12.1 Å². The summed E-state index contributed by atoms with van der Waals surface area (Å²) in [6.45, 7) is 0. The molecule has 0 saturated carbocycles. The molecule has 22 valence electrons. The zero-order valence-corrected chi connectivity index (χ0v) is 3.02. The van der Waals surface area contributed by atoms with E-state index in [1.807, 2.05) is 0 Å². The van der Waals surface area contributed by atoms with Crippen LogP contribution >= 0.6 is 0 Å². The molecule has 0 heterocycles. The van der Waals surface area contributed by atoms with E-state index in [2.05, 4.69) is 0 Å². The summed E-state index contributed by atoms with van der Waals surface area (Å²) in [7, 11) is 9.85. The van der Waals surface area contributed by atoms with E-state index >= 15 is 0 Å². The molecule has 0 aliphatic heterocycles. The molecular formula is C3H4B2. The van der Waals surface area contributed by atoms with Crippen LogP contribution in [0.15, 0.2) is 12.1 Å². The first-order valence-corrected chi connectivity index (χ1v) is 1.48. The minimum Gasteiger partial charge on any atom is -0.136 e. The van der Waals surface area contributed by atoms with Gasteiger partial charge < -0.3 is 0 Å². The highest BCUT2D eigenvalue weighted by molar-refractivity contribution is 6.18. The number of allylic oxidation sites excluding steroid dienone is 1. The molecule has 0 bridgehead atoms. The molecule has 0 saturated heterocycles. The molecule has 5 heavy (non-hydrogen) atoms. The van der Waals surface area contributed by atoms with Crippen LogP contribution in [0.4, 0.5) is 0 Å². The summed E-state index contributed by atoms with van der Waals surface area (Å²) in [4.78, 5) is 0. The SMILES string of the molecule is [B]/C=C\C[B]. The summed E-state index contributed by atoms with van der Waals surface area (Å²) in [6.07, 6.45) is 2.22. The second-order valence-electron chi connectivity index (χ2n) is 0.664. The average Bonchev–Trinajstić information content (AvgIpc) is 1.41. The normalized spacial score (nSPS) is 9.60. The van der Waals surface area contributed by atoms with Crippen molar-refractivity contribution in [2.45, 2.75) is 6.32 Å². The van der Waals surface area contributed by atoms with Gasteiger partial charge in [-0.3, -0.25) is 0 Å². The molecule has 2 heteroatoms. The standard InChI is InChI=1S/C3H4B2/c4-2-1-3-5/h1-2H,3H2/b2-1-. The van der Waals surface area contributed by atoms with Gasteiger partial charge in [0.25, 0.3) is 0 Å². The fraction of sp³-hybridized carbons (Fsp3) is 0.333. The van der Waals surface area contributed by atoms with Crippen LogP contribution in [0.25, 0.3) is 0 Å². The summed E-state index contributed by atoms with van der Waals surface area (Å²) in [5, 5.41) is 0. The van der Waals surface area contributed by atoms with Gasteiger partial charge in [0.15, 0.2) is 0 Å². The zero-order chi connectivity index (χ0) is 4.12. The Labute approximate surface area is 35.1 Å². The first-order valence-electron chi connectivity index (χ1n) is 1.48. The third-order valence-corrected chi connectivity index (χ3v) is 0.272. The van der Waals surface area contributed by atoms with E-state index in [0.29, 0.717) is 6.32 Å². The van der Waals surface area contributed by atoms with E-state index in [9.17, 15) is 0 Å². The average molecular weight is 61.7 g/mol. The topological polar surface area (TPSA) is 0 Å². The molecule has 0 aromatic rings. The fourth-order valence-corrected chi connectivity index (χ4v) is 0.0786. The monoisotopic (exact) mass is 62.0 g/mol. The molecule has 0 rings (SSSR count). The van der Waals surface area contributed by atoms with Gasteiger partial charge in [0.1, 0.15) is 7.85 Å². The van der Waals surface area contributed by atoms with Crippen LogP contribution in [0.5, 0.6) is 0 Å². The summed E-state index contributed by atoms with van der Waals surface area (Å²) >= 11 is 0. The van der Waals surface area contributed by atoms with Crippen LogP contribution < -0.4 is 0 Å². The second-order valence-corrected chi connectivity index (χ2v) is 0.664. The lowest BCUT2D eigenvalue weighted by molar-refractivity contribution is 1.75. The minimum absolute atomic E-state index is 0.538. The van der Waals surface area contributed by atoms with Gasteiger partial charge in [0, 0.05) is 0 Å². The smallest absolute Gasteiger partial charge is 0.102 e. The molecular weight excluding hydrogens is 57.7 g/mol. The maximum absolute atomic E-state index is 4.97. The number of hydrogen-bond donors (Lipinski definition) is 0. The van der Waals surface area contributed by atoms with Crippen LogP contribution in [0.2, 0.25) is 6.32 Å². The molecule has 0 aromatic heterocycles. The summed E-state index contributed by atoms with van der Waals surface area (Å²) < 4.78 is 0. The van der Waals surface area contributed by atoms with Gasteiger partial charge in [0.05, 0.1) is 7.85 Å². The molecule has 0 atom stereocenters. The maximum atomic E-state index is 4.97. The molecule has 0 fully saturated rings. The predicted octanol–water partition coefficient (Wildman–Crippen LogP) is 0.255. The van der Waals surface area contributed by atoms with Gasteiger partial charge in [0.2, 0.25) is 0 Å². The van der Waals surface area contributed by atoms with E-state index in [-0.39, 0.29) is 0 Å². The van der Waals surface area contributed by atoms with Crippen molar-refractivity contribution in [2.24, 2.45) is 0 Å². The number of rotatable bonds is 1. The highest BCUT2D eigenvalue weighted by Crippen LogP contribution is 1.67. The quantitative estimate of drug-likeness (QED) is 0.382. The molecule has 0 aliphatic carbocycles. The van der Waals surface area contributed by atoms with Crippen molar-refractivity contribution in [2.75, 3.05) is 0 Å². The predicted molar refractivity (Wildman–Crippen MR) is 25.5 cm³/mol. The van der Waals surface area contributed by atoms with Crippen molar-refractivity contribution in [1.82, 2.24) is 0 Å². The van der Waals surface area contributed by atoms with Crippen molar-refractivity contribution >= 4 is 15.7 Å². The fourth-order valence-electron chi connectivity index (χ4n) is 0.0786. The van der Waals surface area contributed by atoms with Gasteiger partial charge in [-0.2, -0.15) is 0 Å². The lowest BCUT2D eigenvalue weighted by Crippen LogP contribution is -1.55. The summed E-state index contributed by atoms with van der Waals surface area (Å²) in [6, 6.07) is 0. The molecule has 0 amide bonds. The van der Waals surface area contributed by atoms with Gasteiger partial charge in [-0.1, -0.05) is 6.32 Å². The third kappa shape index (κ3) is 3.87. The van der Waals surface area contributed by atoms with Crippen molar-refractivity contribution in [3.05, 3.63) is 12.1 Å². The third-order valence-electron chi connectivity index (χ3n) is 0.272. The van der Waals surface area contributed by atoms with E-state index in [4.69, 9.17) is 15.7 Å². The van der Waals surface area contributed by atoms with E-state index in [1.165, 1.54) is 5.98 Å². The van der Waals surface area contributed by atoms with Crippen LogP contribution in [-0.4, -0.2) is 15.7 Å². The van der Waals surface area contributed by atoms with Crippen molar-refractivity contribution < 1.29 is 0 Å². The Hall–Kier alpha value is -0.130. The summed E-state index contributed by atoms with van der Waals surface area (Å²) in [5.74, 6) is 1.43. The second kappa shape index (κ2) is 3.87. The van der Waals surface area contributed by atoms with E-state index in [1.54, 1.807) is 6.08 Å². The number of hydrogen-bond acceptors (Lipinski definition) is 0. The Morgan fingerprint density at radius 2 is 2.20 bits per heavy atom. The Morgan fingerprint density at radius 1 is 1.60 bits per heavy atom. The highest BCUT2D eigenvalue weighted by atomic mass is 13.4. The Balaban J connectivity index is 2.62. The van der Waals surface area contributed by atoms with E-state index in [0.717, 1.165) is 0 Å². The lowest BCUT2D eigenvalue weighted by atomic mass is 10.0. The summed E-state index contributed by atoms with van der Waals surface area (Å²) in [5.41, 5.74) is 0. The van der Waals surface area contributed by atoms with E-state index < -0.39 is 0 Å².